The van der Waals surface area contributed by atoms with Gasteiger partial charge in [-0.2, -0.15) is 0 Å². The first-order valence-corrected chi connectivity index (χ1v) is 9.40. The molecule has 132 valence electrons. The van der Waals surface area contributed by atoms with E-state index in [1.165, 1.54) is 50.8 Å². The molecule has 0 spiro atoms. The molecule has 0 radical (unpaired) electrons. The fourth-order valence-corrected chi connectivity index (χ4v) is 3.94. The van der Waals surface area contributed by atoms with Crippen LogP contribution < -0.4 is 10.6 Å². The third-order valence-electron chi connectivity index (χ3n) is 5.91. The van der Waals surface area contributed by atoms with Gasteiger partial charge in [-0.05, 0) is 57.3 Å². The molecule has 1 aliphatic carbocycles. The van der Waals surface area contributed by atoms with Crippen molar-refractivity contribution in [3.8, 4) is 0 Å². The average Bonchev–Trinajstić information content (AvgIpc) is 2.59. The Labute approximate surface area is 146 Å². The van der Waals surface area contributed by atoms with E-state index in [-0.39, 0.29) is 0 Å². The predicted molar refractivity (Wildman–Crippen MR) is 102 cm³/mol. The Bertz CT molecular complexity index is 528. The number of aliphatic imine (C=N–C) groups is 1. The van der Waals surface area contributed by atoms with Gasteiger partial charge in [-0.25, -0.2) is 0 Å². The number of nitrogens with one attached hydrogen (secondary N) is 2. The van der Waals surface area contributed by atoms with Crippen molar-refractivity contribution in [2.45, 2.75) is 37.5 Å². The highest BCUT2D eigenvalue weighted by atomic mass is 15.2. The number of hydrogen-bond donors (Lipinski definition) is 2. The summed E-state index contributed by atoms with van der Waals surface area (Å²) in [6, 6.07) is 11.0. The molecule has 0 bridgehead atoms. The van der Waals surface area contributed by atoms with Crippen molar-refractivity contribution in [1.29, 1.82) is 0 Å². The van der Waals surface area contributed by atoms with Crippen molar-refractivity contribution in [1.82, 2.24) is 15.5 Å². The summed E-state index contributed by atoms with van der Waals surface area (Å²) < 4.78 is 0. The zero-order valence-corrected chi connectivity index (χ0v) is 15.2. The standard InChI is InChI=1S/C20H32N4/c1-21-19(22-15-17-9-13-24(2)14-10-17)23-16-20(11-6-12-20)18-7-4-3-5-8-18/h3-5,7-8,17H,6,9-16H2,1-2H3,(H2,21,22,23). The zero-order chi connectivity index (χ0) is 16.8. The van der Waals surface area contributed by atoms with Crippen molar-refractivity contribution in [3.05, 3.63) is 35.9 Å². The lowest BCUT2D eigenvalue weighted by molar-refractivity contribution is 0.219. The van der Waals surface area contributed by atoms with E-state index in [0.717, 1.165) is 25.0 Å². The van der Waals surface area contributed by atoms with Gasteiger partial charge < -0.3 is 15.5 Å². The summed E-state index contributed by atoms with van der Waals surface area (Å²) in [5.41, 5.74) is 1.77. The van der Waals surface area contributed by atoms with E-state index < -0.39 is 0 Å². The molecule has 4 nitrogen and oxygen atoms in total. The van der Waals surface area contributed by atoms with Crippen molar-refractivity contribution < 1.29 is 0 Å². The lowest BCUT2D eigenvalue weighted by Crippen LogP contribution is -2.49. The highest BCUT2D eigenvalue weighted by molar-refractivity contribution is 5.79. The second-order valence-electron chi connectivity index (χ2n) is 7.55. The first-order chi connectivity index (χ1) is 11.7. The summed E-state index contributed by atoms with van der Waals surface area (Å²) in [4.78, 5) is 6.85. The van der Waals surface area contributed by atoms with Gasteiger partial charge in [-0.3, -0.25) is 4.99 Å². The number of piperidine rings is 1. The monoisotopic (exact) mass is 328 g/mol. The molecule has 0 amide bonds. The lowest BCUT2D eigenvalue weighted by atomic mass is 9.64. The van der Waals surface area contributed by atoms with Crippen LogP contribution in [0.25, 0.3) is 0 Å². The minimum atomic E-state index is 0.298. The Morgan fingerprint density at radius 3 is 2.46 bits per heavy atom. The van der Waals surface area contributed by atoms with Crippen LogP contribution in [0.4, 0.5) is 0 Å². The lowest BCUT2D eigenvalue weighted by Gasteiger charge is -2.43. The summed E-state index contributed by atoms with van der Waals surface area (Å²) in [6.07, 6.45) is 6.45. The third-order valence-corrected chi connectivity index (χ3v) is 5.91. The number of benzene rings is 1. The molecule has 1 heterocycles. The molecule has 2 aliphatic rings. The molecule has 0 unspecified atom stereocenters. The molecule has 3 rings (SSSR count). The second kappa shape index (κ2) is 8.02. The van der Waals surface area contributed by atoms with Crippen LogP contribution in [0, 0.1) is 5.92 Å². The van der Waals surface area contributed by atoms with Crippen LogP contribution in [-0.4, -0.2) is 51.1 Å². The zero-order valence-electron chi connectivity index (χ0n) is 15.2. The van der Waals surface area contributed by atoms with Crippen molar-refractivity contribution in [3.63, 3.8) is 0 Å². The van der Waals surface area contributed by atoms with Gasteiger partial charge >= 0.3 is 0 Å². The van der Waals surface area contributed by atoms with Gasteiger partial charge in [0.1, 0.15) is 0 Å². The van der Waals surface area contributed by atoms with Crippen LogP contribution >= 0.6 is 0 Å². The first-order valence-electron chi connectivity index (χ1n) is 9.40. The van der Waals surface area contributed by atoms with Crippen molar-refractivity contribution in [2.24, 2.45) is 10.9 Å². The van der Waals surface area contributed by atoms with E-state index in [1.807, 2.05) is 7.05 Å². The molecule has 1 aliphatic heterocycles. The summed E-state index contributed by atoms with van der Waals surface area (Å²) >= 11 is 0. The van der Waals surface area contributed by atoms with Crippen molar-refractivity contribution >= 4 is 5.96 Å². The van der Waals surface area contributed by atoms with E-state index in [1.54, 1.807) is 0 Å². The van der Waals surface area contributed by atoms with Crippen LogP contribution in [0.2, 0.25) is 0 Å². The Hall–Kier alpha value is -1.55. The van der Waals surface area contributed by atoms with Crippen LogP contribution in [0.3, 0.4) is 0 Å². The molecule has 0 atom stereocenters. The minimum Gasteiger partial charge on any atom is -0.356 e. The Morgan fingerprint density at radius 1 is 1.17 bits per heavy atom. The van der Waals surface area contributed by atoms with Crippen molar-refractivity contribution in [2.75, 3.05) is 40.3 Å². The topological polar surface area (TPSA) is 39.7 Å². The average molecular weight is 329 g/mol. The van der Waals surface area contributed by atoms with Gasteiger partial charge in [-0.1, -0.05) is 36.8 Å². The molecular formula is C20H32N4. The van der Waals surface area contributed by atoms with Gasteiger partial charge in [0, 0.05) is 25.6 Å². The number of likely N-dealkylation sites (tertiary alicyclic amines) is 1. The Balaban J connectivity index is 1.49. The third kappa shape index (κ3) is 4.10. The summed E-state index contributed by atoms with van der Waals surface area (Å²) in [7, 11) is 4.09. The fraction of sp³-hybridized carbons (Fsp3) is 0.650. The van der Waals surface area contributed by atoms with Gasteiger partial charge in [0.25, 0.3) is 0 Å². The quantitative estimate of drug-likeness (QED) is 0.645. The molecule has 0 aromatic heterocycles. The molecule has 2 N–H and O–H groups in total. The summed E-state index contributed by atoms with van der Waals surface area (Å²) in [5.74, 6) is 1.72. The molecule has 24 heavy (non-hydrogen) atoms. The molecule has 4 heteroatoms. The van der Waals surface area contributed by atoms with Crippen LogP contribution in [0.15, 0.2) is 35.3 Å². The normalized spacial score (nSPS) is 22.0. The van der Waals surface area contributed by atoms with Crippen LogP contribution in [-0.2, 0) is 5.41 Å². The van der Waals surface area contributed by atoms with E-state index in [0.29, 0.717) is 5.41 Å². The molecular weight excluding hydrogens is 296 g/mol. The number of nitrogens with zero attached hydrogens (tertiary/aromatic N) is 2. The number of hydrogen-bond acceptors (Lipinski definition) is 2. The van der Waals surface area contributed by atoms with Gasteiger partial charge in [0.2, 0.25) is 0 Å². The summed E-state index contributed by atoms with van der Waals surface area (Å²) in [6.45, 7) is 4.45. The maximum atomic E-state index is 4.43. The fourth-order valence-electron chi connectivity index (χ4n) is 3.94. The molecule has 1 saturated heterocycles. The smallest absolute Gasteiger partial charge is 0.191 e. The summed E-state index contributed by atoms with van der Waals surface area (Å²) in [5, 5.41) is 7.13. The Kier molecular flexibility index (Phi) is 5.77. The molecule has 1 aromatic rings. The van der Waals surface area contributed by atoms with E-state index in [2.05, 4.69) is 57.9 Å². The number of guanidine groups is 1. The van der Waals surface area contributed by atoms with Gasteiger partial charge in [0.05, 0.1) is 0 Å². The SMILES string of the molecule is CN=C(NCC1CCN(C)CC1)NCC1(c2ccccc2)CCC1. The Morgan fingerprint density at radius 2 is 1.88 bits per heavy atom. The maximum absolute atomic E-state index is 4.43. The molecule has 1 saturated carbocycles. The minimum absolute atomic E-state index is 0.298. The highest BCUT2D eigenvalue weighted by Crippen LogP contribution is 2.43. The second-order valence-corrected chi connectivity index (χ2v) is 7.55. The number of rotatable bonds is 5. The highest BCUT2D eigenvalue weighted by Gasteiger charge is 2.38. The predicted octanol–water partition coefficient (Wildman–Crippen LogP) is 2.62. The van der Waals surface area contributed by atoms with E-state index in [9.17, 15) is 0 Å². The molecule has 2 fully saturated rings. The van der Waals surface area contributed by atoms with E-state index >= 15 is 0 Å². The largest absolute Gasteiger partial charge is 0.356 e. The van der Waals surface area contributed by atoms with Gasteiger partial charge in [0.15, 0.2) is 5.96 Å². The van der Waals surface area contributed by atoms with Crippen LogP contribution in [0.5, 0.6) is 0 Å². The molecule has 1 aromatic carbocycles. The maximum Gasteiger partial charge on any atom is 0.191 e. The van der Waals surface area contributed by atoms with E-state index in [4.69, 9.17) is 0 Å². The van der Waals surface area contributed by atoms with Gasteiger partial charge in [-0.15, -0.1) is 0 Å². The first kappa shape index (κ1) is 17.3. The van der Waals surface area contributed by atoms with Crippen LogP contribution in [0.1, 0.15) is 37.7 Å².